The number of rotatable bonds is 5. The SMILES string of the molecule is CCCCC(CN)B(O)O. The van der Waals surface area contributed by atoms with Gasteiger partial charge in [-0.25, -0.2) is 0 Å². The first-order valence-corrected chi connectivity index (χ1v) is 3.78. The third-order valence-corrected chi connectivity index (χ3v) is 1.65. The molecule has 0 spiro atoms. The zero-order chi connectivity index (χ0) is 7.98. The topological polar surface area (TPSA) is 66.5 Å². The summed E-state index contributed by atoms with van der Waals surface area (Å²) < 4.78 is 0. The normalized spacial score (nSPS) is 13.2. The van der Waals surface area contributed by atoms with Crippen LogP contribution in [0.1, 0.15) is 26.2 Å². The molecule has 4 N–H and O–H groups in total. The summed E-state index contributed by atoms with van der Waals surface area (Å²) in [6.45, 7) is 2.43. The maximum absolute atomic E-state index is 8.71. The van der Waals surface area contributed by atoms with Gasteiger partial charge in [0.05, 0.1) is 0 Å². The van der Waals surface area contributed by atoms with Crippen molar-refractivity contribution in [1.29, 1.82) is 0 Å². The molecule has 3 nitrogen and oxygen atoms in total. The van der Waals surface area contributed by atoms with E-state index in [0.717, 1.165) is 19.3 Å². The van der Waals surface area contributed by atoms with Gasteiger partial charge < -0.3 is 15.8 Å². The summed E-state index contributed by atoms with van der Waals surface area (Å²) in [6.07, 6.45) is 2.90. The van der Waals surface area contributed by atoms with Gasteiger partial charge in [0.15, 0.2) is 0 Å². The van der Waals surface area contributed by atoms with Gasteiger partial charge in [-0.2, -0.15) is 0 Å². The predicted octanol–water partition coefficient (Wildman–Crippen LogP) is -0.0217. The molecule has 0 radical (unpaired) electrons. The second-order valence-corrected chi connectivity index (χ2v) is 2.55. The van der Waals surface area contributed by atoms with Gasteiger partial charge >= 0.3 is 7.12 Å². The minimum Gasteiger partial charge on any atom is -0.427 e. The highest BCUT2D eigenvalue weighted by atomic mass is 16.4. The van der Waals surface area contributed by atoms with Gasteiger partial charge in [-0.15, -0.1) is 0 Å². The highest BCUT2D eigenvalue weighted by molar-refractivity contribution is 6.43. The molecule has 0 heterocycles. The molecule has 0 aliphatic heterocycles. The van der Waals surface area contributed by atoms with Crippen molar-refractivity contribution >= 4 is 7.12 Å². The van der Waals surface area contributed by atoms with Crippen molar-refractivity contribution in [2.75, 3.05) is 6.54 Å². The minimum atomic E-state index is -1.24. The van der Waals surface area contributed by atoms with Crippen LogP contribution in [0.2, 0.25) is 5.82 Å². The molecule has 0 amide bonds. The van der Waals surface area contributed by atoms with Gasteiger partial charge in [0.25, 0.3) is 0 Å². The van der Waals surface area contributed by atoms with Crippen molar-refractivity contribution in [1.82, 2.24) is 0 Å². The van der Waals surface area contributed by atoms with E-state index in [1.807, 2.05) is 0 Å². The lowest BCUT2D eigenvalue weighted by Gasteiger charge is -2.11. The van der Waals surface area contributed by atoms with E-state index >= 15 is 0 Å². The molecular formula is C6H16BNO2. The van der Waals surface area contributed by atoms with E-state index in [1.54, 1.807) is 0 Å². The Morgan fingerprint density at radius 2 is 2.10 bits per heavy atom. The quantitative estimate of drug-likeness (QED) is 0.476. The number of unbranched alkanes of at least 4 members (excludes halogenated alkanes) is 1. The second-order valence-electron chi connectivity index (χ2n) is 2.55. The molecule has 4 heteroatoms. The Balaban J connectivity index is 3.40. The van der Waals surface area contributed by atoms with Crippen LogP contribution in [0.4, 0.5) is 0 Å². The van der Waals surface area contributed by atoms with Crippen LogP contribution in [0.5, 0.6) is 0 Å². The van der Waals surface area contributed by atoms with E-state index in [1.165, 1.54) is 0 Å². The second kappa shape index (κ2) is 5.71. The fourth-order valence-corrected chi connectivity index (χ4v) is 0.855. The fraction of sp³-hybridized carbons (Fsp3) is 1.00. The van der Waals surface area contributed by atoms with Crippen molar-refractivity contribution in [2.45, 2.75) is 32.0 Å². The van der Waals surface area contributed by atoms with Gasteiger partial charge in [0.1, 0.15) is 0 Å². The Morgan fingerprint density at radius 1 is 1.50 bits per heavy atom. The summed E-state index contributed by atoms with van der Waals surface area (Å²) in [7, 11) is -1.24. The average Bonchev–Trinajstić information content (AvgIpc) is 1.89. The summed E-state index contributed by atoms with van der Waals surface area (Å²) in [5, 5.41) is 17.4. The van der Waals surface area contributed by atoms with Gasteiger partial charge in [0.2, 0.25) is 0 Å². The molecule has 0 saturated heterocycles. The number of hydrogen-bond acceptors (Lipinski definition) is 3. The standard InChI is InChI=1S/C6H16BNO2/c1-2-3-4-6(5-8)7(9)10/h6,9-10H,2-5,8H2,1H3. The largest absolute Gasteiger partial charge is 0.456 e. The molecule has 0 rings (SSSR count). The van der Waals surface area contributed by atoms with Crippen molar-refractivity contribution in [3.63, 3.8) is 0 Å². The molecule has 1 unspecified atom stereocenters. The van der Waals surface area contributed by atoms with Crippen molar-refractivity contribution in [3.8, 4) is 0 Å². The number of nitrogens with two attached hydrogens (primary N) is 1. The summed E-state index contributed by atoms with van der Waals surface area (Å²) in [4.78, 5) is 0. The first kappa shape index (κ1) is 9.94. The van der Waals surface area contributed by atoms with Crippen LogP contribution < -0.4 is 5.73 Å². The Kier molecular flexibility index (Phi) is 5.68. The molecule has 60 valence electrons. The molecule has 0 bridgehead atoms. The third kappa shape index (κ3) is 3.87. The highest BCUT2D eigenvalue weighted by Gasteiger charge is 2.20. The van der Waals surface area contributed by atoms with Crippen LogP contribution in [0.15, 0.2) is 0 Å². The Labute approximate surface area is 62.4 Å². The molecule has 0 aliphatic rings. The molecule has 1 atom stereocenters. The average molecular weight is 145 g/mol. The van der Waals surface area contributed by atoms with E-state index in [9.17, 15) is 0 Å². The van der Waals surface area contributed by atoms with Crippen LogP contribution in [0.3, 0.4) is 0 Å². The van der Waals surface area contributed by atoms with Crippen LogP contribution >= 0.6 is 0 Å². The molecule has 0 saturated carbocycles. The summed E-state index contributed by atoms with van der Waals surface area (Å²) in [6, 6.07) is 0. The fourth-order valence-electron chi connectivity index (χ4n) is 0.855. The van der Waals surface area contributed by atoms with Gasteiger partial charge in [-0.05, 0) is 6.54 Å². The lowest BCUT2D eigenvalue weighted by Crippen LogP contribution is -2.26. The van der Waals surface area contributed by atoms with E-state index in [2.05, 4.69) is 6.92 Å². The van der Waals surface area contributed by atoms with Crippen LogP contribution in [-0.2, 0) is 0 Å². The first-order valence-electron chi connectivity index (χ1n) is 3.78. The molecule has 0 fully saturated rings. The lowest BCUT2D eigenvalue weighted by molar-refractivity contribution is 0.377. The molecule has 0 aromatic heterocycles. The molecule has 0 aromatic rings. The highest BCUT2D eigenvalue weighted by Crippen LogP contribution is 2.13. The summed E-state index contributed by atoms with van der Waals surface area (Å²) in [5.41, 5.74) is 5.29. The van der Waals surface area contributed by atoms with Gasteiger partial charge in [-0.1, -0.05) is 26.2 Å². The van der Waals surface area contributed by atoms with Gasteiger partial charge in [-0.3, -0.25) is 0 Å². The Morgan fingerprint density at radius 3 is 2.40 bits per heavy atom. The Bertz CT molecular complexity index is 80.1. The zero-order valence-electron chi connectivity index (χ0n) is 6.45. The van der Waals surface area contributed by atoms with Crippen molar-refractivity contribution in [2.24, 2.45) is 5.73 Å². The van der Waals surface area contributed by atoms with E-state index < -0.39 is 7.12 Å². The third-order valence-electron chi connectivity index (χ3n) is 1.65. The molecule has 0 aromatic carbocycles. The molecule has 10 heavy (non-hydrogen) atoms. The maximum atomic E-state index is 8.71. The van der Waals surface area contributed by atoms with E-state index in [-0.39, 0.29) is 5.82 Å². The summed E-state index contributed by atoms with van der Waals surface area (Å²) in [5.74, 6) is -0.139. The predicted molar refractivity (Wildman–Crippen MR) is 42.5 cm³/mol. The van der Waals surface area contributed by atoms with Crippen LogP contribution in [0, 0.1) is 0 Å². The number of hydrogen-bond donors (Lipinski definition) is 3. The lowest BCUT2D eigenvalue weighted by atomic mass is 9.70. The van der Waals surface area contributed by atoms with E-state index in [4.69, 9.17) is 15.8 Å². The minimum absolute atomic E-state index is 0.139. The monoisotopic (exact) mass is 145 g/mol. The Hall–Kier alpha value is -0.0551. The first-order chi connectivity index (χ1) is 4.72. The van der Waals surface area contributed by atoms with E-state index in [0.29, 0.717) is 6.54 Å². The van der Waals surface area contributed by atoms with Gasteiger partial charge in [0, 0.05) is 5.82 Å². The molecule has 0 aliphatic carbocycles. The molecular weight excluding hydrogens is 129 g/mol. The zero-order valence-corrected chi connectivity index (χ0v) is 6.45. The van der Waals surface area contributed by atoms with Crippen molar-refractivity contribution < 1.29 is 10.0 Å². The summed E-state index contributed by atoms with van der Waals surface area (Å²) >= 11 is 0. The smallest absolute Gasteiger partial charge is 0.427 e. The maximum Gasteiger partial charge on any atom is 0.456 e. The van der Waals surface area contributed by atoms with Crippen LogP contribution in [-0.4, -0.2) is 23.7 Å². The van der Waals surface area contributed by atoms with Crippen molar-refractivity contribution in [3.05, 3.63) is 0 Å². The van der Waals surface area contributed by atoms with Crippen LogP contribution in [0.25, 0.3) is 0 Å².